The van der Waals surface area contributed by atoms with Gasteiger partial charge in [-0.25, -0.2) is 4.98 Å². The van der Waals surface area contributed by atoms with Crippen molar-refractivity contribution in [2.45, 2.75) is 13.0 Å². The van der Waals surface area contributed by atoms with E-state index < -0.39 is 0 Å². The summed E-state index contributed by atoms with van der Waals surface area (Å²) in [6.07, 6.45) is 0.388. The number of fused-ring (bicyclic) bond motifs is 1. The number of carbonyl (C=O) groups is 1. The van der Waals surface area contributed by atoms with Crippen LogP contribution < -0.4 is 15.4 Å². The number of pyridine rings is 1. The lowest BCUT2D eigenvalue weighted by molar-refractivity contribution is -0.119. The minimum atomic E-state index is 0.00711. The van der Waals surface area contributed by atoms with E-state index in [-0.39, 0.29) is 5.91 Å². The first-order valence-electron chi connectivity index (χ1n) is 8.15. The number of ether oxygens (including phenoxy) is 1. The number of hydrogen-bond acceptors (Lipinski definition) is 4. The lowest BCUT2D eigenvalue weighted by Gasteiger charge is -2.12. The van der Waals surface area contributed by atoms with E-state index in [0.717, 1.165) is 27.7 Å². The van der Waals surface area contributed by atoms with Crippen LogP contribution in [0.2, 0.25) is 0 Å². The number of likely N-dealkylation sites (N-methyl/N-ethyl adjacent to an activating group) is 1. The van der Waals surface area contributed by atoms with E-state index in [1.807, 2.05) is 48.5 Å². The van der Waals surface area contributed by atoms with Gasteiger partial charge in [0.15, 0.2) is 0 Å². The maximum absolute atomic E-state index is 11.4. The van der Waals surface area contributed by atoms with Gasteiger partial charge in [-0.3, -0.25) is 4.79 Å². The maximum Gasteiger partial charge on any atom is 0.224 e. The Morgan fingerprint density at radius 1 is 1.12 bits per heavy atom. The lowest BCUT2D eigenvalue weighted by Crippen LogP contribution is -2.19. The topological polar surface area (TPSA) is 63.2 Å². The summed E-state index contributed by atoms with van der Waals surface area (Å²) in [5.74, 6) is 0.634. The average Bonchev–Trinajstić information content (AvgIpc) is 2.66. The second kappa shape index (κ2) is 7.66. The van der Waals surface area contributed by atoms with Gasteiger partial charge in [-0.1, -0.05) is 30.3 Å². The summed E-state index contributed by atoms with van der Waals surface area (Å²) in [6.45, 7) is 0.607. The van der Waals surface area contributed by atoms with Crippen LogP contribution in [0, 0.1) is 0 Å². The molecule has 3 aromatic rings. The molecule has 2 N–H and O–H groups in total. The molecule has 0 aliphatic heterocycles. The Hall–Kier alpha value is -3.08. The molecule has 5 nitrogen and oxygen atoms in total. The highest BCUT2D eigenvalue weighted by molar-refractivity contribution is 5.80. The quantitative estimate of drug-likeness (QED) is 0.726. The highest BCUT2D eigenvalue weighted by atomic mass is 16.5. The molecule has 1 amide bonds. The number of benzene rings is 2. The zero-order chi connectivity index (χ0) is 17.6. The van der Waals surface area contributed by atoms with E-state index in [2.05, 4.69) is 21.7 Å². The third kappa shape index (κ3) is 4.07. The number of nitrogens with one attached hydrogen (secondary N) is 2. The second-order valence-corrected chi connectivity index (χ2v) is 5.75. The molecule has 0 bridgehead atoms. The van der Waals surface area contributed by atoms with E-state index in [0.29, 0.717) is 18.8 Å². The van der Waals surface area contributed by atoms with Crippen LogP contribution in [-0.4, -0.2) is 25.0 Å². The number of anilines is 1. The first-order chi connectivity index (χ1) is 12.2. The molecule has 0 atom stereocenters. The molecule has 0 aliphatic carbocycles. The predicted molar refractivity (Wildman–Crippen MR) is 99.8 cm³/mol. The van der Waals surface area contributed by atoms with E-state index >= 15 is 0 Å². The Morgan fingerprint density at radius 3 is 2.60 bits per heavy atom. The third-order valence-electron chi connectivity index (χ3n) is 4.04. The Kier molecular flexibility index (Phi) is 5.14. The second-order valence-electron chi connectivity index (χ2n) is 5.75. The van der Waals surface area contributed by atoms with Crippen LogP contribution in [0.4, 0.5) is 5.69 Å². The highest BCUT2D eigenvalue weighted by Gasteiger charge is 2.07. The molecule has 0 spiro atoms. The number of nitrogens with zero attached hydrogens (tertiary/aromatic N) is 1. The molecule has 128 valence electrons. The monoisotopic (exact) mass is 335 g/mol. The van der Waals surface area contributed by atoms with Crippen molar-refractivity contribution >= 4 is 22.5 Å². The van der Waals surface area contributed by atoms with Crippen molar-refractivity contribution in [2.24, 2.45) is 0 Å². The van der Waals surface area contributed by atoms with Crippen molar-refractivity contribution in [3.63, 3.8) is 0 Å². The number of para-hydroxylation sites is 1. The molecule has 25 heavy (non-hydrogen) atoms. The Labute approximate surface area is 147 Å². The fraction of sp³-hybridized carbons (Fsp3) is 0.200. The highest BCUT2D eigenvalue weighted by Crippen LogP contribution is 2.23. The summed E-state index contributed by atoms with van der Waals surface area (Å²) in [7, 11) is 3.28. The molecule has 5 heteroatoms. The predicted octanol–water partition coefficient (Wildman–Crippen LogP) is 3.14. The number of aromatic nitrogens is 1. The summed E-state index contributed by atoms with van der Waals surface area (Å²) in [5, 5.41) is 7.09. The van der Waals surface area contributed by atoms with Gasteiger partial charge in [-0.15, -0.1) is 0 Å². The summed E-state index contributed by atoms with van der Waals surface area (Å²) in [6, 6.07) is 17.9. The molecular formula is C20H21N3O2. The van der Waals surface area contributed by atoms with Crippen LogP contribution in [0.1, 0.15) is 11.1 Å². The van der Waals surface area contributed by atoms with Crippen LogP contribution in [-0.2, 0) is 17.8 Å². The Balaban J connectivity index is 1.72. The normalized spacial score (nSPS) is 10.5. The Bertz CT molecular complexity index is 876. The van der Waals surface area contributed by atoms with Gasteiger partial charge in [0.05, 0.1) is 19.0 Å². The molecule has 1 heterocycles. The maximum atomic E-state index is 11.4. The molecule has 0 unspecified atom stereocenters. The first kappa shape index (κ1) is 16.8. The number of amides is 1. The van der Waals surface area contributed by atoms with E-state index in [1.165, 1.54) is 0 Å². The van der Waals surface area contributed by atoms with Gasteiger partial charge in [0.1, 0.15) is 0 Å². The summed E-state index contributed by atoms with van der Waals surface area (Å²) >= 11 is 0. The molecule has 0 saturated carbocycles. The van der Waals surface area contributed by atoms with Crippen LogP contribution in [0.15, 0.2) is 54.6 Å². The van der Waals surface area contributed by atoms with Gasteiger partial charge in [-0.2, -0.15) is 0 Å². The van der Waals surface area contributed by atoms with Gasteiger partial charge in [0, 0.05) is 30.2 Å². The van der Waals surface area contributed by atoms with Crippen molar-refractivity contribution in [1.82, 2.24) is 10.3 Å². The van der Waals surface area contributed by atoms with Crippen LogP contribution in [0.5, 0.6) is 5.88 Å². The number of methoxy groups -OCH3 is 1. The standard InChI is InChI=1S/C20H21N3O2/c1-21-19(24)11-14-7-9-17(10-8-14)22-13-16-12-15-5-3-4-6-18(15)23-20(16)25-2/h3-10,12,22H,11,13H2,1-2H3,(H,21,24). The zero-order valence-electron chi connectivity index (χ0n) is 14.4. The zero-order valence-corrected chi connectivity index (χ0v) is 14.4. The van der Waals surface area contributed by atoms with Gasteiger partial charge < -0.3 is 15.4 Å². The minimum Gasteiger partial charge on any atom is -0.481 e. The summed E-state index contributed by atoms with van der Waals surface area (Å²) < 4.78 is 5.42. The van der Waals surface area contributed by atoms with E-state index in [1.54, 1.807) is 14.2 Å². The molecule has 1 aromatic heterocycles. The first-order valence-corrected chi connectivity index (χ1v) is 8.15. The molecule has 2 aromatic carbocycles. The number of rotatable bonds is 6. The average molecular weight is 335 g/mol. The fourth-order valence-electron chi connectivity index (χ4n) is 2.66. The molecule has 0 fully saturated rings. The van der Waals surface area contributed by atoms with Gasteiger partial charge in [0.2, 0.25) is 11.8 Å². The third-order valence-corrected chi connectivity index (χ3v) is 4.04. The van der Waals surface area contributed by atoms with Crippen molar-refractivity contribution in [2.75, 3.05) is 19.5 Å². The smallest absolute Gasteiger partial charge is 0.224 e. The lowest BCUT2D eigenvalue weighted by atomic mass is 10.1. The fourth-order valence-corrected chi connectivity index (χ4v) is 2.66. The van der Waals surface area contributed by atoms with Crippen LogP contribution >= 0.6 is 0 Å². The largest absolute Gasteiger partial charge is 0.481 e. The van der Waals surface area contributed by atoms with Crippen molar-refractivity contribution in [3.05, 3.63) is 65.7 Å². The summed E-state index contributed by atoms with van der Waals surface area (Å²) in [4.78, 5) is 16.0. The van der Waals surface area contributed by atoms with Crippen molar-refractivity contribution in [1.29, 1.82) is 0 Å². The Morgan fingerprint density at radius 2 is 1.88 bits per heavy atom. The molecule has 3 rings (SSSR count). The molecule has 0 radical (unpaired) electrons. The molecule has 0 aliphatic rings. The van der Waals surface area contributed by atoms with Gasteiger partial charge in [0.25, 0.3) is 0 Å². The number of hydrogen-bond donors (Lipinski definition) is 2. The van der Waals surface area contributed by atoms with Crippen LogP contribution in [0.25, 0.3) is 10.9 Å². The molecular weight excluding hydrogens is 314 g/mol. The van der Waals surface area contributed by atoms with Gasteiger partial charge in [-0.05, 0) is 29.8 Å². The number of carbonyl (C=O) groups excluding carboxylic acids is 1. The minimum absolute atomic E-state index is 0.00711. The van der Waals surface area contributed by atoms with Crippen molar-refractivity contribution in [3.8, 4) is 5.88 Å². The van der Waals surface area contributed by atoms with Crippen molar-refractivity contribution < 1.29 is 9.53 Å². The molecule has 0 saturated heterocycles. The SMILES string of the molecule is CNC(=O)Cc1ccc(NCc2cc3ccccc3nc2OC)cc1. The van der Waals surface area contributed by atoms with E-state index in [9.17, 15) is 4.79 Å². The van der Waals surface area contributed by atoms with Crippen LogP contribution in [0.3, 0.4) is 0 Å². The van der Waals surface area contributed by atoms with E-state index in [4.69, 9.17) is 4.74 Å². The summed E-state index contributed by atoms with van der Waals surface area (Å²) in [5.41, 5.74) is 3.88. The van der Waals surface area contributed by atoms with Gasteiger partial charge >= 0.3 is 0 Å².